The van der Waals surface area contributed by atoms with E-state index < -0.39 is 0 Å². The second kappa shape index (κ2) is 5.42. The first-order chi connectivity index (χ1) is 11.4. The highest BCUT2D eigenvalue weighted by atomic mass is 32.2. The molecule has 1 saturated carbocycles. The van der Waals surface area contributed by atoms with Crippen LogP contribution in [0.2, 0.25) is 0 Å². The molecule has 24 heavy (non-hydrogen) atoms. The van der Waals surface area contributed by atoms with Gasteiger partial charge in [0, 0.05) is 17.0 Å². The van der Waals surface area contributed by atoms with Gasteiger partial charge in [-0.25, -0.2) is 24.3 Å². The first-order valence-corrected chi connectivity index (χ1v) is 10.0. The summed E-state index contributed by atoms with van der Waals surface area (Å²) in [5, 5.41) is 4.09. The number of nitrogens with zero attached hydrogens (tertiary/aromatic N) is 5. The summed E-state index contributed by atoms with van der Waals surface area (Å²) in [7, 11) is 0. The molecule has 0 atom stereocenters. The highest BCUT2D eigenvalue weighted by molar-refractivity contribution is 7.98. The molecule has 3 aromatic heterocycles. The van der Waals surface area contributed by atoms with E-state index in [0.717, 1.165) is 23.7 Å². The molecule has 3 aromatic rings. The van der Waals surface area contributed by atoms with Gasteiger partial charge in [0.1, 0.15) is 5.39 Å². The van der Waals surface area contributed by atoms with Crippen LogP contribution in [0.4, 0.5) is 0 Å². The average Bonchev–Trinajstić information content (AvgIpc) is 3.17. The summed E-state index contributed by atoms with van der Waals surface area (Å²) in [6.07, 6.45) is 5.62. The minimum atomic E-state index is -0.0260. The zero-order valence-corrected chi connectivity index (χ0v) is 15.7. The van der Waals surface area contributed by atoms with Crippen LogP contribution >= 0.6 is 23.1 Å². The number of aromatic nitrogens is 5. The Labute approximate surface area is 147 Å². The first-order valence-electron chi connectivity index (χ1n) is 7.91. The maximum Gasteiger partial charge on any atom is 0.278 e. The lowest BCUT2D eigenvalue weighted by Gasteiger charge is -2.14. The van der Waals surface area contributed by atoms with E-state index in [9.17, 15) is 4.79 Å². The van der Waals surface area contributed by atoms with E-state index in [4.69, 9.17) is 4.98 Å². The van der Waals surface area contributed by atoms with Gasteiger partial charge in [-0.05, 0) is 19.1 Å². The molecular weight excluding hydrogens is 342 g/mol. The summed E-state index contributed by atoms with van der Waals surface area (Å²) in [4.78, 5) is 26.5. The Bertz CT molecular complexity index is 975. The van der Waals surface area contributed by atoms with Gasteiger partial charge in [0.05, 0.1) is 11.7 Å². The van der Waals surface area contributed by atoms with Crippen molar-refractivity contribution in [2.24, 2.45) is 0 Å². The van der Waals surface area contributed by atoms with Gasteiger partial charge in [0.2, 0.25) is 5.13 Å². The largest absolute Gasteiger partial charge is 0.278 e. The number of hydrogen-bond acceptors (Lipinski definition) is 6. The van der Waals surface area contributed by atoms with Crippen LogP contribution in [0.15, 0.2) is 21.5 Å². The van der Waals surface area contributed by atoms with Crippen LogP contribution in [0.3, 0.4) is 0 Å². The van der Waals surface area contributed by atoms with Crippen LogP contribution < -0.4 is 5.56 Å². The zero-order valence-electron chi connectivity index (χ0n) is 14.1. The van der Waals surface area contributed by atoms with Crippen molar-refractivity contribution in [3.05, 3.63) is 27.6 Å². The summed E-state index contributed by atoms with van der Waals surface area (Å²) < 4.78 is 3.71. The highest BCUT2D eigenvalue weighted by Crippen LogP contribution is 2.36. The van der Waals surface area contributed by atoms with Crippen LogP contribution in [-0.4, -0.2) is 30.6 Å². The number of thioether (sulfide) groups is 1. The maximum absolute atomic E-state index is 12.8. The van der Waals surface area contributed by atoms with Gasteiger partial charge in [-0.2, -0.15) is 0 Å². The molecule has 0 aromatic carbocycles. The third-order valence-electron chi connectivity index (χ3n) is 4.12. The minimum Gasteiger partial charge on any atom is -0.267 e. The van der Waals surface area contributed by atoms with Crippen LogP contribution in [-0.2, 0) is 5.41 Å². The average molecular weight is 361 g/mol. The molecule has 0 N–H and O–H groups in total. The van der Waals surface area contributed by atoms with Crippen molar-refractivity contribution in [3.8, 4) is 5.13 Å². The molecule has 4 rings (SSSR count). The zero-order chi connectivity index (χ0) is 17.1. The standard InChI is InChI=1S/C16H19N5OS2/c1-16(2,3)11-8-24-15(18-11)21-12-10(7-17-14(19-12)23-4)13(22)20(21)9-5-6-9/h7-9H,5-6H2,1-4H3. The molecule has 1 aliphatic rings. The molecule has 0 aliphatic heterocycles. The van der Waals surface area contributed by atoms with Gasteiger partial charge < -0.3 is 0 Å². The molecule has 1 aliphatic carbocycles. The molecule has 8 heteroatoms. The third-order valence-corrected chi connectivity index (χ3v) is 5.50. The van der Waals surface area contributed by atoms with E-state index in [1.165, 1.54) is 11.8 Å². The number of thiazole rings is 1. The number of fused-ring (bicyclic) bond motifs is 1. The molecule has 1 fully saturated rings. The SMILES string of the molecule is CSc1ncc2c(=O)n(C3CC3)n(-c3nc(C(C)(C)C)cs3)c2n1. The van der Waals surface area contributed by atoms with Gasteiger partial charge in [-0.3, -0.25) is 4.79 Å². The van der Waals surface area contributed by atoms with Crippen molar-refractivity contribution in [2.45, 2.75) is 50.2 Å². The van der Waals surface area contributed by atoms with E-state index in [1.54, 1.807) is 17.5 Å². The highest BCUT2D eigenvalue weighted by Gasteiger charge is 2.32. The van der Waals surface area contributed by atoms with Crippen LogP contribution in [0.5, 0.6) is 0 Å². The quantitative estimate of drug-likeness (QED) is 0.528. The Hall–Kier alpha value is -1.67. The minimum absolute atomic E-state index is 0.0207. The number of rotatable bonds is 3. The van der Waals surface area contributed by atoms with E-state index in [2.05, 4.69) is 36.1 Å². The predicted molar refractivity (Wildman–Crippen MR) is 97.5 cm³/mol. The molecule has 6 nitrogen and oxygen atoms in total. The molecule has 0 bridgehead atoms. The van der Waals surface area contributed by atoms with Gasteiger partial charge in [-0.1, -0.05) is 32.5 Å². The fraction of sp³-hybridized carbons (Fsp3) is 0.500. The molecule has 126 valence electrons. The van der Waals surface area contributed by atoms with Crippen molar-refractivity contribution in [2.75, 3.05) is 6.26 Å². The van der Waals surface area contributed by atoms with Crippen molar-refractivity contribution >= 4 is 34.1 Å². The lowest BCUT2D eigenvalue weighted by atomic mass is 9.93. The van der Waals surface area contributed by atoms with Crippen LogP contribution in [0, 0.1) is 0 Å². The second-order valence-electron chi connectivity index (χ2n) is 7.05. The fourth-order valence-electron chi connectivity index (χ4n) is 2.62. The summed E-state index contributed by atoms with van der Waals surface area (Å²) in [6.45, 7) is 6.42. The lowest BCUT2D eigenvalue weighted by molar-refractivity contribution is 0.545. The van der Waals surface area contributed by atoms with E-state index in [1.807, 2.05) is 15.6 Å². The molecule has 0 spiro atoms. The second-order valence-corrected chi connectivity index (χ2v) is 8.66. The smallest absolute Gasteiger partial charge is 0.267 e. The monoisotopic (exact) mass is 361 g/mol. The Kier molecular flexibility index (Phi) is 3.58. The van der Waals surface area contributed by atoms with Gasteiger partial charge in [0.15, 0.2) is 10.8 Å². The Morgan fingerprint density at radius 3 is 2.62 bits per heavy atom. The fourth-order valence-corrected chi connectivity index (χ4v) is 4.01. The first kappa shape index (κ1) is 15.8. The van der Waals surface area contributed by atoms with Crippen molar-refractivity contribution in [3.63, 3.8) is 0 Å². The van der Waals surface area contributed by atoms with Crippen LogP contribution in [0.25, 0.3) is 16.2 Å². The van der Waals surface area contributed by atoms with E-state index in [-0.39, 0.29) is 17.0 Å². The lowest BCUT2D eigenvalue weighted by Crippen LogP contribution is -2.21. The Morgan fingerprint density at radius 1 is 1.29 bits per heavy atom. The summed E-state index contributed by atoms with van der Waals surface area (Å²) in [5.74, 6) is 0. The Morgan fingerprint density at radius 2 is 2.04 bits per heavy atom. The van der Waals surface area contributed by atoms with Crippen LogP contribution in [0.1, 0.15) is 45.3 Å². The predicted octanol–water partition coefficient (Wildman–Crippen LogP) is 3.39. The molecule has 0 saturated heterocycles. The summed E-state index contributed by atoms with van der Waals surface area (Å²) in [5.41, 5.74) is 1.63. The molecule has 3 heterocycles. The van der Waals surface area contributed by atoms with E-state index >= 15 is 0 Å². The van der Waals surface area contributed by atoms with Gasteiger partial charge in [-0.15, -0.1) is 11.3 Å². The summed E-state index contributed by atoms with van der Waals surface area (Å²) in [6, 6.07) is 0.242. The molecule has 0 radical (unpaired) electrons. The normalized spacial score (nSPS) is 15.3. The van der Waals surface area contributed by atoms with Crippen molar-refractivity contribution in [1.29, 1.82) is 0 Å². The Balaban J connectivity index is 2.00. The molecular formula is C16H19N5OS2. The van der Waals surface area contributed by atoms with Crippen molar-refractivity contribution < 1.29 is 0 Å². The van der Waals surface area contributed by atoms with Gasteiger partial charge >= 0.3 is 0 Å². The van der Waals surface area contributed by atoms with E-state index in [0.29, 0.717) is 16.2 Å². The number of hydrogen-bond donors (Lipinski definition) is 0. The molecule has 0 amide bonds. The molecule has 0 unspecified atom stereocenters. The third kappa shape index (κ3) is 2.48. The topological polar surface area (TPSA) is 65.6 Å². The van der Waals surface area contributed by atoms with Gasteiger partial charge in [0.25, 0.3) is 5.56 Å². The van der Waals surface area contributed by atoms with Crippen molar-refractivity contribution in [1.82, 2.24) is 24.3 Å². The maximum atomic E-state index is 12.8. The summed E-state index contributed by atoms with van der Waals surface area (Å²) >= 11 is 3.03.